The van der Waals surface area contributed by atoms with E-state index in [1.54, 1.807) is 0 Å². The van der Waals surface area contributed by atoms with E-state index in [1.807, 2.05) is 0 Å². The fourth-order valence-electron chi connectivity index (χ4n) is 3.45. The number of aliphatic hydroxyl groups is 4. The molecule has 170 valence electrons. The van der Waals surface area contributed by atoms with Crippen molar-refractivity contribution < 1.29 is 49.6 Å². The number of aromatic hydroxyl groups is 3. The lowest BCUT2D eigenvalue weighted by Gasteiger charge is -2.39. The number of phenolic OH excluding ortho intramolecular Hbond substituents is 3. The van der Waals surface area contributed by atoms with Gasteiger partial charge in [-0.1, -0.05) is 12.1 Å². The summed E-state index contributed by atoms with van der Waals surface area (Å²) in [6, 6.07) is 6.76. The van der Waals surface area contributed by atoms with Crippen LogP contribution in [-0.4, -0.2) is 73.1 Å². The molecule has 0 saturated carbocycles. The summed E-state index contributed by atoms with van der Waals surface area (Å²) in [7, 11) is 0. The zero-order chi connectivity index (χ0) is 23.2. The average molecular weight is 448 g/mol. The van der Waals surface area contributed by atoms with Crippen LogP contribution in [0.1, 0.15) is 0 Å². The Morgan fingerprint density at radius 3 is 2.28 bits per heavy atom. The summed E-state index contributed by atoms with van der Waals surface area (Å²) in [5, 5.41) is 69.0. The molecule has 4 rings (SSSR count). The number of hydrogen-bond acceptors (Lipinski definition) is 11. The molecule has 0 aliphatic carbocycles. The summed E-state index contributed by atoms with van der Waals surface area (Å²) in [5.74, 6) is -2.16. The first kappa shape index (κ1) is 21.9. The van der Waals surface area contributed by atoms with Gasteiger partial charge in [-0.2, -0.15) is 0 Å². The molecule has 0 amide bonds. The fourth-order valence-corrected chi connectivity index (χ4v) is 3.45. The van der Waals surface area contributed by atoms with Crippen LogP contribution in [0.25, 0.3) is 22.1 Å². The van der Waals surface area contributed by atoms with Crippen LogP contribution in [0, 0.1) is 0 Å². The van der Waals surface area contributed by atoms with Crippen LogP contribution in [0.15, 0.2) is 45.8 Å². The Hall–Kier alpha value is -3.35. The van der Waals surface area contributed by atoms with Crippen LogP contribution in [0.2, 0.25) is 0 Å². The molecule has 5 atom stereocenters. The predicted molar refractivity (Wildman–Crippen MR) is 107 cm³/mol. The fraction of sp³-hybridized carbons (Fsp3) is 0.286. The first-order valence-electron chi connectivity index (χ1n) is 9.50. The van der Waals surface area contributed by atoms with E-state index in [9.17, 15) is 40.5 Å². The van der Waals surface area contributed by atoms with Gasteiger partial charge in [-0.15, -0.1) is 0 Å². The molecule has 0 bridgehead atoms. The van der Waals surface area contributed by atoms with E-state index in [2.05, 4.69) is 0 Å². The molecule has 11 nitrogen and oxygen atoms in total. The summed E-state index contributed by atoms with van der Waals surface area (Å²) < 4.78 is 16.0. The van der Waals surface area contributed by atoms with Gasteiger partial charge in [0.15, 0.2) is 11.5 Å². The van der Waals surface area contributed by atoms with E-state index in [4.69, 9.17) is 13.9 Å². The lowest BCUT2D eigenvalue weighted by atomic mass is 9.99. The van der Waals surface area contributed by atoms with Crippen molar-refractivity contribution in [1.29, 1.82) is 0 Å². The third-order valence-corrected chi connectivity index (χ3v) is 5.25. The largest absolute Gasteiger partial charge is 0.508 e. The second-order valence-corrected chi connectivity index (χ2v) is 7.29. The molecule has 3 aromatic rings. The SMILES string of the molecule is O=c1c(-c2ccc(O)cc2)coc2cc(O[C@@H]3OC(CO)[C@@H](O)C(O)C3O)c(O)c(O)c12. The van der Waals surface area contributed by atoms with Crippen molar-refractivity contribution in [2.75, 3.05) is 6.61 Å². The molecule has 32 heavy (non-hydrogen) atoms. The van der Waals surface area contributed by atoms with Crippen LogP contribution in [0.5, 0.6) is 23.0 Å². The molecule has 1 fully saturated rings. The number of phenols is 3. The molecule has 7 N–H and O–H groups in total. The zero-order valence-corrected chi connectivity index (χ0v) is 16.3. The van der Waals surface area contributed by atoms with Gasteiger partial charge >= 0.3 is 0 Å². The molecular weight excluding hydrogens is 428 g/mol. The molecule has 1 aliphatic rings. The topological polar surface area (TPSA) is 190 Å². The van der Waals surface area contributed by atoms with Crippen LogP contribution < -0.4 is 10.2 Å². The number of ether oxygens (including phenoxy) is 2. The maximum Gasteiger partial charge on any atom is 0.229 e. The Kier molecular flexibility index (Phi) is 5.67. The second kappa shape index (κ2) is 8.30. The van der Waals surface area contributed by atoms with Gasteiger partial charge in [0.05, 0.1) is 12.2 Å². The quantitative estimate of drug-likeness (QED) is 0.261. The van der Waals surface area contributed by atoms with Crippen LogP contribution in [0.4, 0.5) is 0 Å². The molecule has 11 heteroatoms. The van der Waals surface area contributed by atoms with Gasteiger partial charge in [0.1, 0.15) is 47.4 Å². The molecule has 1 saturated heterocycles. The molecule has 2 heterocycles. The van der Waals surface area contributed by atoms with Crippen LogP contribution >= 0.6 is 0 Å². The maximum absolute atomic E-state index is 12.9. The number of fused-ring (bicyclic) bond motifs is 1. The third kappa shape index (κ3) is 3.61. The standard InChI is InChI=1S/C21H20O11/c22-6-13-17(26)19(28)20(29)21(32-13)31-12-5-11-14(18(27)16(12)25)15(24)10(7-30-11)8-1-3-9(23)4-2-8/h1-5,7,13,17,19-23,25-29H,6H2/t13?,17-,19?,20?,21-/m1/s1. The van der Waals surface area contributed by atoms with E-state index in [0.29, 0.717) is 5.56 Å². The summed E-state index contributed by atoms with van der Waals surface area (Å²) in [4.78, 5) is 12.9. The maximum atomic E-state index is 12.9. The number of rotatable bonds is 4. The molecule has 1 aromatic heterocycles. The number of benzene rings is 2. The van der Waals surface area contributed by atoms with Gasteiger partial charge in [0.2, 0.25) is 17.5 Å². The molecule has 0 radical (unpaired) electrons. The van der Waals surface area contributed by atoms with Crippen molar-refractivity contribution in [2.45, 2.75) is 30.7 Å². The van der Waals surface area contributed by atoms with E-state index in [1.165, 1.54) is 24.3 Å². The number of hydrogen-bond donors (Lipinski definition) is 7. The first-order chi connectivity index (χ1) is 15.2. The van der Waals surface area contributed by atoms with Gasteiger partial charge in [0, 0.05) is 6.07 Å². The Morgan fingerprint density at radius 1 is 0.938 bits per heavy atom. The zero-order valence-electron chi connectivity index (χ0n) is 16.3. The summed E-state index contributed by atoms with van der Waals surface area (Å²) in [6.45, 7) is -0.686. The number of aliphatic hydroxyl groups excluding tert-OH is 4. The van der Waals surface area contributed by atoms with Crippen LogP contribution in [0.3, 0.4) is 0 Å². The highest BCUT2D eigenvalue weighted by Crippen LogP contribution is 2.42. The van der Waals surface area contributed by atoms with E-state index < -0.39 is 60.0 Å². The Bertz CT molecular complexity index is 1190. The third-order valence-electron chi connectivity index (χ3n) is 5.25. The van der Waals surface area contributed by atoms with E-state index >= 15 is 0 Å². The molecule has 2 aromatic carbocycles. The van der Waals surface area contributed by atoms with Crippen molar-refractivity contribution in [3.8, 4) is 34.1 Å². The van der Waals surface area contributed by atoms with Crippen molar-refractivity contribution in [1.82, 2.24) is 0 Å². The molecule has 3 unspecified atom stereocenters. The normalized spacial score (nSPS) is 25.7. The minimum atomic E-state index is -1.76. The van der Waals surface area contributed by atoms with Gasteiger partial charge < -0.3 is 49.6 Å². The highest BCUT2D eigenvalue weighted by Gasteiger charge is 2.45. The molecular formula is C21H20O11. The highest BCUT2D eigenvalue weighted by atomic mass is 16.7. The van der Waals surface area contributed by atoms with E-state index in [-0.39, 0.29) is 22.3 Å². The minimum absolute atomic E-state index is 0.00518. The monoisotopic (exact) mass is 448 g/mol. The minimum Gasteiger partial charge on any atom is -0.508 e. The second-order valence-electron chi connectivity index (χ2n) is 7.29. The van der Waals surface area contributed by atoms with Crippen molar-refractivity contribution >= 4 is 11.0 Å². The predicted octanol–water partition coefficient (Wildman–Crippen LogP) is -0.245. The van der Waals surface area contributed by atoms with Crippen molar-refractivity contribution in [2.24, 2.45) is 0 Å². The Balaban J connectivity index is 1.73. The Morgan fingerprint density at radius 2 is 1.62 bits per heavy atom. The average Bonchev–Trinajstić information content (AvgIpc) is 2.78. The van der Waals surface area contributed by atoms with Crippen molar-refractivity contribution in [3.63, 3.8) is 0 Å². The van der Waals surface area contributed by atoms with Gasteiger partial charge in [0.25, 0.3) is 0 Å². The lowest BCUT2D eigenvalue weighted by Crippen LogP contribution is -2.60. The molecule has 1 aliphatic heterocycles. The van der Waals surface area contributed by atoms with Crippen molar-refractivity contribution in [3.05, 3.63) is 46.8 Å². The Labute approximate surface area is 179 Å². The summed E-state index contributed by atoms with van der Waals surface area (Å²) >= 11 is 0. The van der Waals surface area contributed by atoms with Gasteiger partial charge in [-0.25, -0.2) is 0 Å². The summed E-state index contributed by atoms with van der Waals surface area (Å²) in [5.41, 5.74) is -0.356. The highest BCUT2D eigenvalue weighted by molar-refractivity contribution is 5.91. The van der Waals surface area contributed by atoms with Gasteiger partial charge in [-0.05, 0) is 17.7 Å². The first-order valence-corrected chi connectivity index (χ1v) is 9.50. The lowest BCUT2D eigenvalue weighted by molar-refractivity contribution is -0.277. The summed E-state index contributed by atoms with van der Waals surface area (Å²) in [6.07, 6.45) is -6.83. The van der Waals surface area contributed by atoms with Gasteiger partial charge in [-0.3, -0.25) is 4.79 Å². The smallest absolute Gasteiger partial charge is 0.229 e. The van der Waals surface area contributed by atoms with Crippen LogP contribution in [-0.2, 0) is 4.74 Å². The van der Waals surface area contributed by atoms with E-state index in [0.717, 1.165) is 12.3 Å². The molecule has 0 spiro atoms.